The fourth-order valence-corrected chi connectivity index (χ4v) is 2.50. The van der Waals surface area contributed by atoms with Gasteiger partial charge < -0.3 is 11.1 Å². The summed E-state index contributed by atoms with van der Waals surface area (Å²) in [5.74, 6) is -0.246. The summed E-state index contributed by atoms with van der Waals surface area (Å²) in [6.45, 7) is 3.19. The van der Waals surface area contributed by atoms with Crippen molar-refractivity contribution in [2.75, 3.05) is 19.6 Å². The summed E-state index contributed by atoms with van der Waals surface area (Å²) in [4.78, 5) is 13.4. The molecule has 0 aliphatic carbocycles. The SMILES string of the molecule is NC(=O)CN(Cc1ccccc1)C1CCNCC1. The van der Waals surface area contributed by atoms with Gasteiger partial charge in [0.25, 0.3) is 0 Å². The quantitative estimate of drug-likeness (QED) is 0.806. The Morgan fingerprint density at radius 1 is 1.28 bits per heavy atom. The third-order valence-corrected chi connectivity index (χ3v) is 3.41. The Hall–Kier alpha value is -1.39. The first-order valence-electron chi connectivity index (χ1n) is 6.52. The van der Waals surface area contributed by atoms with E-state index in [4.69, 9.17) is 5.73 Å². The molecule has 1 fully saturated rings. The molecule has 1 aliphatic rings. The summed E-state index contributed by atoms with van der Waals surface area (Å²) in [5, 5.41) is 3.34. The van der Waals surface area contributed by atoms with Crippen LogP contribution in [0, 0.1) is 0 Å². The molecule has 1 aliphatic heterocycles. The fraction of sp³-hybridized carbons (Fsp3) is 0.500. The summed E-state index contributed by atoms with van der Waals surface area (Å²) in [6.07, 6.45) is 2.17. The maximum atomic E-state index is 11.2. The number of hydrogen-bond donors (Lipinski definition) is 2. The molecule has 0 spiro atoms. The highest BCUT2D eigenvalue weighted by Crippen LogP contribution is 2.15. The molecule has 0 atom stereocenters. The van der Waals surface area contributed by atoms with Gasteiger partial charge in [0.1, 0.15) is 0 Å². The second kappa shape index (κ2) is 6.52. The van der Waals surface area contributed by atoms with Crippen LogP contribution in [0.4, 0.5) is 0 Å². The van der Waals surface area contributed by atoms with Crippen molar-refractivity contribution in [1.82, 2.24) is 10.2 Å². The van der Waals surface area contributed by atoms with Crippen molar-refractivity contribution >= 4 is 5.91 Å². The Balaban J connectivity index is 2.02. The molecule has 0 unspecified atom stereocenters. The molecule has 4 nitrogen and oxygen atoms in total. The van der Waals surface area contributed by atoms with Gasteiger partial charge in [0.2, 0.25) is 5.91 Å². The van der Waals surface area contributed by atoms with Crippen molar-refractivity contribution < 1.29 is 4.79 Å². The minimum absolute atomic E-state index is 0.246. The van der Waals surface area contributed by atoms with E-state index in [2.05, 4.69) is 22.3 Å². The molecule has 0 radical (unpaired) electrons. The zero-order valence-electron chi connectivity index (χ0n) is 10.6. The number of carbonyl (C=O) groups excluding carboxylic acids is 1. The fourth-order valence-electron chi connectivity index (χ4n) is 2.50. The normalized spacial score (nSPS) is 16.9. The van der Waals surface area contributed by atoms with E-state index in [1.807, 2.05) is 18.2 Å². The summed E-state index contributed by atoms with van der Waals surface area (Å²) >= 11 is 0. The third kappa shape index (κ3) is 3.82. The van der Waals surface area contributed by atoms with Crippen LogP contribution in [0.1, 0.15) is 18.4 Å². The van der Waals surface area contributed by atoms with Gasteiger partial charge in [-0.25, -0.2) is 0 Å². The van der Waals surface area contributed by atoms with Crippen LogP contribution in [0.2, 0.25) is 0 Å². The minimum atomic E-state index is -0.246. The Labute approximate surface area is 108 Å². The molecule has 1 aromatic carbocycles. The minimum Gasteiger partial charge on any atom is -0.369 e. The maximum absolute atomic E-state index is 11.2. The smallest absolute Gasteiger partial charge is 0.231 e. The van der Waals surface area contributed by atoms with E-state index in [-0.39, 0.29) is 5.91 Å². The first-order chi connectivity index (χ1) is 8.75. The molecular formula is C14H21N3O. The summed E-state index contributed by atoms with van der Waals surface area (Å²) in [5.41, 5.74) is 6.59. The van der Waals surface area contributed by atoms with E-state index >= 15 is 0 Å². The average molecular weight is 247 g/mol. The first kappa shape index (κ1) is 13.1. The number of carbonyl (C=O) groups is 1. The van der Waals surface area contributed by atoms with Crippen molar-refractivity contribution in [3.63, 3.8) is 0 Å². The molecule has 2 rings (SSSR count). The van der Waals surface area contributed by atoms with Crippen molar-refractivity contribution in [1.29, 1.82) is 0 Å². The van der Waals surface area contributed by atoms with E-state index in [1.165, 1.54) is 5.56 Å². The molecule has 0 aromatic heterocycles. The van der Waals surface area contributed by atoms with E-state index in [0.29, 0.717) is 12.6 Å². The van der Waals surface area contributed by atoms with Crippen molar-refractivity contribution in [2.24, 2.45) is 5.73 Å². The lowest BCUT2D eigenvalue weighted by molar-refractivity contribution is -0.120. The zero-order valence-corrected chi connectivity index (χ0v) is 10.6. The molecule has 1 amide bonds. The second-order valence-corrected chi connectivity index (χ2v) is 4.84. The largest absolute Gasteiger partial charge is 0.369 e. The number of nitrogens with two attached hydrogens (primary N) is 1. The summed E-state index contributed by atoms with van der Waals surface area (Å²) in [6, 6.07) is 10.7. The van der Waals surface area contributed by atoms with Gasteiger partial charge in [0.15, 0.2) is 0 Å². The first-order valence-corrected chi connectivity index (χ1v) is 6.52. The highest BCUT2D eigenvalue weighted by Gasteiger charge is 2.22. The number of primary amides is 1. The van der Waals surface area contributed by atoms with Crippen molar-refractivity contribution in [3.8, 4) is 0 Å². The lowest BCUT2D eigenvalue weighted by Gasteiger charge is -2.33. The number of hydrogen-bond acceptors (Lipinski definition) is 3. The summed E-state index contributed by atoms with van der Waals surface area (Å²) in [7, 11) is 0. The Kier molecular flexibility index (Phi) is 4.73. The molecular weight excluding hydrogens is 226 g/mol. The zero-order chi connectivity index (χ0) is 12.8. The molecule has 18 heavy (non-hydrogen) atoms. The van der Waals surface area contributed by atoms with Crippen LogP contribution in [-0.4, -0.2) is 36.5 Å². The van der Waals surface area contributed by atoms with Crippen molar-refractivity contribution in [3.05, 3.63) is 35.9 Å². The summed E-state index contributed by atoms with van der Waals surface area (Å²) < 4.78 is 0. The van der Waals surface area contributed by atoms with Gasteiger partial charge >= 0.3 is 0 Å². The number of rotatable bonds is 5. The highest BCUT2D eigenvalue weighted by atomic mass is 16.1. The van der Waals surface area contributed by atoms with Crippen LogP contribution in [0.3, 0.4) is 0 Å². The monoisotopic (exact) mass is 247 g/mol. The lowest BCUT2D eigenvalue weighted by atomic mass is 10.0. The number of amides is 1. The van der Waals surface area contributed by atoms with Gasteiger partial charge in [-0.15, -0.1) is 0 Å². The molecule has 3 N–H and O–H groups in total. The standard InChI is InChI=1S/C14H21N3O/c15-14(18)11-17(13-6-8-16-9-7-13)10-12-4-2-1-3-5-12/h1-5,13,16H,6-11H2,(H2,15,18). The van der Waals surface area contributed by atoms with Crippen LogP contribution in [-0.2, 0) is 11.3 Å². The van der Waals surface area contributed by atoms with E-state index < -0.39 is 0 Å². The van der Waals surface area contributed by atoms with Gasteiger partial charge in [-0.3, -0.25) is 9.69 Å². The molecule has 1 saturated heterocycles. The van der Waals surface area contributed by atoms with Gasteiger partial charge in [-0.05, 0) is 31.5 Å². The number of piperidine rings is 1. The highest BCUT2D eigenvalue weighted by molar-refractivity contribution is 5.75. The predicted molar refractivity (Wildman–Crippen MR) is 71.9 cm³/mol. The predicted octanol–water partition coefficient (Wildman–Crippen LogP) is 0.726. The van der Waals surface area contributed by atoms with Crippen LogP contribution < -0.4 is 11.1 Å². The third-order valence-electron chi connectivity index (χ3n) is 3.41. The molecule has 0 saturated carbocycles. The average Bonchev–Trinajstić information content (AvgIpc) is 2.40. The van der Waals surface area contributed by atoms with Crippen LogP contribution in [0.5, 0.6) is 0 Å². The number of benzene rings is 1. The van der Waals surface area contributed by atoms with Crippen LogP contribution in [0.25, 0.3) is 0 Å². The number of nitrogens with zero attached hydrogens (tertiary/aromatic N) is 1. The van der Waals surface area contributed by atoms with Crippen LogP contribution >= 0.6 is 0 Å². The molecule has 1 aromatic rings. The lowest BCUT2D eigenvalue weighted by Crippen LogP contribution is -2.46. The molecule has 98 valence electrons. The van der Waals surface area contributed by atoms with Gasteiger partial charge in [-0.1, -0.05) is 30.3 Å². The topological polar surface area (TPSA) is 58.4 Å². The van der Waals surface area contributed by atoms with Gasteiger partial charge in [-0.2, -0.15) is 0 Å². The van der Waals surface area contributed by atoms with E-state index in [0.717, 1.165) is 32.5 Å². The Bertz CT molecular complexity index is 374. The molecule has 0 bridgehead atoms. The van der Waals surface area contributed by atoms with E-state index in [9.17, 15) is 4.79 Å². The van der Waals surface area contributed by atoms with E-state index in [1.54, 1.807) is 0 Å². The number of nitrogens with one attached hydrogen (secondary N) is 1. The Morgan fingerprint density at radius 2 is 1.94 bits per heavy atom. The Morgan fingerprint density at radius 3 is 2.56 bits per heavy atom. The molecule has 1 heterocycles. The maximum Gasteiger partial charge on any atom is 0.231 e. The van der Waals surface area contributed by atoms with Crippen LogP contribution in [0.15, 0.2) is 30.3 Å². The van der Waals surface area contributed by atoms with Crippen molar-refractivity contribution in [2.45, 2.75) is 25.4 Å². The molecule has 4 heteroatoms. The second-order valence-electron chi connectivity index (χ2n) is 4.84. The van der Waals surface area contributed by atoms with Gasteiger partial charge in [0, 0.05) is 12.6 Å². The van der Waals surface area contributed by atoms with Gasteiger partial charge in [0.05, 0.1) is 6.54 Å².